The van der Waals surface area contributed by atoms with Gasteiger partial charge in [-0.1, -0.05) is 20.8 Å². The molecular weight excluding hydrogens is 200 g/mol. The molecule has 0 aliphatic carbocycles. The summed E-state index contributed by atoms with van der Waals surface area (Å²) in [5.74, 6) is 0. The molecule has 1 atom stereocenters. The standard InChI is InChI=1S/C13H28N2O/c1-12-11-14(9-10-16)7-8-15(12)6-5-13(2,3)4/h12,16H,5-11H2,1-4H3. The first kappa shape index (κ1) is 13.9. The van der Waals surface area contributed by atoms with E-state index in [-0.39, 0.29) is 6.61 Å². The van der Waals surface area contributed by atoms with Gasteiger partial charge in [-0.05, 0) is 25.3 Å². The van der Waals surface area contributed by atoms with Crippen molar-refractivity contribution in [1.29, 1.82) is 0 Å². The summed E-state index contributed by atoms with van der Waals surface area (Å²) >= 11 is 0. The highest BCUT2D eigenvalue weighted by atomic mass is 16.3. The van der Waals surface area contributed by atoms with Gasteiger partial charge >= 0.3 is 0 Å². The highest BCUT2D eigenvalue weighted by Crippen LogP contribution is 2.20. The lowest BCUT2D eigenvalue weighted by Crippen LogP contribution is -2.52. The zero-order chi connectivity index (χ0) is 12.2. The maximum Gasteiger partial charge on any atom is 0.0558 e. The lowest BCUT2D eigenvalue weighted by Gasteiger charge is -2.40. The van der Waals surface area contributed by atoms with Crippen LogP contribution in [0.2, 0.25) is 0 Å². The number of nitrogens with zero attached hydrogens (tertiary/aromatic N) is 2. The molecule has 0 aromatic heterocycles. The van der Waals surface area contributed by atoms with Crippen LogP contribution in [-0.2, 0) is 0 Å². The van der Waals surface area contributed by atoms with Crippen molar-refractivity contribution in [3.05, 3.63) is 0 Å². The molecule has 1 aliphatic rings. The highest BCUT2D eigenvalue weighted by molar-refractivity contribution is 4.80. The molecule has 1 saturated heterocycles. The van der Waals surface area contributed by atoms with E-state index in [1.165, 1.54) is 13.0 Å². The number of rotatable bonds is 4. The van der Waals surface area contributed by atoms with Gasteiger partial charge in [-0.25, -0.2) is 0 Å². The third-order valence-corrected chi connectivity index (χ3v) is 3.41. The van der Waals surface area contributed by atoms with Crippen LogP contribution in [0, 0.1) is 5.41 Å². The minimum absolute atomic E-state index is 0.286. The van der Waals surface area contributed by atoms with Crippen molar-refractivity contribution < 1.29 is 5.11 Å². The Labute approximate surface area is 100 Å². The van der Waals surface area contributed by atoms with Gasteiger partial charge in [0.1, 0.15) is 0 Å². The van der Waals surface area contributed by atoms with Gasteiger partial charge < -0.3 is 5.11 Å². The summed E-state index contributed by atoms with van der Waals surface area (Å²) in [5.41, 5.74) is 0.432. The number of aliphatic hydroxyl groups is 1. The fourth-order valence-electron chi connectivity index (χ4n) is 2.23. The third kappa shape index (κ3) is 4.81. The average molecular weight is 228 g/mol. The molecule has 0 saturated carbocycles. The highest BCUT2D eigenvalue weighted by Gasteiger charge is 2.24. The zero-order valence-electron chi connectivity index (χ0n) is 11.4. The van der Waals surface area contributed by atoms with E-state index in [1.54, 1.807) is 0 Å². The van der Waals surface area contributed by atoms with Crippen LogP contribution in [0.3, 0.4) is 0 Å². The summed E-state index contributed by atoms with van der Waals surface area (Å²) in [6.45, 7) is 14.9. The Hall–Kier alpha value is -0.120. The van der Waals surface area contributed by atoms with Crippen LogP contribution in [0.1, 0.15) is 34.1 Å². The van der Waals surface area contributed by atoms with Crippen LogP contribution in [0.15, 0.2) is 0 Å². The molecule has 0 aromatic carbocycles. The van der Waals surface area contributed by atoms with Crippen LogP contribution < -0.4 is 0 Å². The minimum Gasteiger partial charge on any atom is -0.395 e. The summed E-state index contributed by atoms with van der Waals surface area (Å²) < 4.78 is 0. The first-order valence-corrected chi connectivity index (χ1v) is 6.49. The SMILES string of the molecule is CC1CN(CCO)CCN1CCC(C)(C)C. The Balaban J connectivity index is 2.30. The summed E-state index contributed by atoms with van der Waals surface area (Å²) in [6, 6.07) is 0.627. The number of hydrogen-bond donors (Lipinski definition) is 1. The smallest absolute Gasteiger partial charge is 0.0558 e. The van der Waals surface area contributed by atoms with Gasteiger partial charge in [0.15, 0.2) is 0 Å². The molecule has 0 amide bonds. The number of piperazine rings is 1. The van der Waals surface area contributed by atoms with Gasteiger partial charge in [-0.3, -0.25) is 9.80 Å². The van der Waals surface area contributed by atoms with E-state index in [0.717, 1.165) is 26.2 Å². The quantitative estimate of drug-likeness (QED) is 0.788. The summed E-state index contributed by atoms with van der Waals surface area (Å²) in [7, 11) is 0. The number of aliphatic hydroxyl groups excluding tert-OH is 1. The third-order valence-electron chi connectivity index (χ3n) is 3.41. The van der Waals surface area contributed by atoms with Gasteiger partial charge in [0, 0.05) is 32.2 Å². The van der Waals surface area contributed by atoms with Gasteiger partial charge in [0.25, 0.3) is 0 Å². The summed E-state index contributed by atoms with van der Waals surface area (Å²) in [6.07, 6.45) is 1.26. The molecule has 96 valence electrons. The van der Waals surface area contributed by atoms with Crippen molar-refractivity contribution in [2.45, 2.75) is 40.2 Å². The van der Waals surface area contributed by atoms with Crippen LogP contribution in [0.4, 0.5) is 0 Å². The molecule has 1 N–H and O–H groups in total. The molecule has 1 aliphatic heterocycles. The molecule has 0 aromatic rings. The van der Waals surface area contributed by atoms with Crippen LogP contribution in [0.25, 0.3) is 0 Å². The molecule has 0 bridgehead atoms. The lowest BCUT2D eigenvalue weighted by molar-refractivity contribution is 0.0642. The zero-order valence-corrected chi connectivity index (χ0v) is 11.4. The fourth-order valence-corrected chi connectivity index (χ4v) is 2.23. The monoisotopic (exact) mass is 228 g/mol. The van der Waals surface area contributed by atoms with E-state index in [1.807, 2.05) is 0 Å². The lowest BCUT2D eigenvalue weighted by atomic mass is 9.92. The molecule has 16 heavy (non-hydrogen) atoms. The maximum atomic E-state index is 8.93. The Morgan fingerprint density at radius 3 is 2.38 bits per heavy atom. The predicted octanol–water partition coefficient (Wildman–Crippen LogP) is 1.42. The van der Waals surface area contributed by atoms with Gasteiger partial charge in [-0.2, -0.15) is 0 Å². The Kier molecular flexibility index (Phi) is 5.22. The second-order valence-electron chi connectivity index (χ2n) is 6.22. The van der Waals surface area contributed by atoms with E-state index >= 15 is 0 Å². The molecule has 0 radical (unpaired) electrons. The first-order valence-electron chi connectivity index (χ1n) is 6.49. The molecular formula is C13H28N2O. The fraction of sp³-hybridized carbons (Fsp3) is 1.00. The van der Waals surface area contributed by atoms with Crippen molar-refractivity contribution >= 4 is 0 Å². The summed E-state index contributed by atoms with van der Waals surface area (Å²) in [4.78, 5) is 4.94. The average Bonchev–Trinajstić information content (AvgIpc) is 2.15. The topological polar surface area (TPSA) is 26.7 Å². The Morgan fingerprint density at radius 1 is 1.19 bits per heavy atom. The van der Waals surface area contributed by atoms with E-state index in [0.29, 0.717) is 11.5 Å². The van der Waals surface area contributed by atoms with Crippen LogP contribution >= 0.6 is 0 Å². The molecule has 1 fully saturated rings. The molecule has 0 spiro atoms. The van der Waals surface area contributed by atoms with Gasteiger partial charge in [0.05, 0.1) is 6.61 Å². The van der Waals surface area contributed by atoms with Crippen molar-refractivity contribution in [3.8, 4) is 0 Å². The molecule has 1 heterocycles. The minimum atomic E-state index is 0.286. The predicted molar refractivity (Wildman–Crippen MR) is 68.6 cm³/mol. The van der Waals surface area contributed by atoms with Crippen LogP contribution in [-0.4, -0.2) is 60.3 Å². The normalized spacial score (nSPS) is 24.9. The van der Waals surface area contributed by atoms with E-state index in [2.05, 4.69) is 37.5 Å². The first-order chi connectivity index (χ1) is 7.42. The maximum absolute atomic E-state index is 8.93. The van der Waals surface area contributed by atoms with Crippen LogP contribution in [0.5, 0.6) is 0 Å². The van der Waals surface area contributed by atoms with Gasteiger partial charge in [0.2, 0.25) is 0 Å². The van der Waals surface area contributed by atoms with E-state index in [9.17, 15) is 0 Å². The number of β-amino-alcohol motifs (C(OH)–C–C–N with tert-alkyl or cyclic N) is 1. The second kappa shape index (κ2) is 5.99. The van der Waals surface area contributed by atoms with Crippen molar-refractivity contribution in [3.63, 3.8) is 0 Å². The Morgan fingerprint density at radius 2 is 1.88 bits per heavy atom. The second-order valence-corrected chi connectivity index (χ2v) is 6.22. The largest absolute Gasteiger partial charge is 0.395 e. The van der Waals surface area contributed by atoms with Crippen molar-refractivity contribution in [2.24, 2.45) is 5.41 Å². The number of hydrogen-bond acceptors (Lipinski definition) is 3. The molecule has 3 heteroatoms. The van der Waals surface area contributed by atoms with Crippen molar-refractivity contribution in [2.75, 3.05) is 39.3 Å². The Bertz CT molecular complexity index is 201. The summed E-state index contributed by atoms with van der Waals surface area (Å²) in [5, 5.41) is 8.93. The van der Waals surface area contributed by atoms with Gasteiger partial charge in [-0.15, -0.1) is 0 Å². The molecule has 1 unspecified atom stereocenters. The molecule has 3 nitrogen and oxygen atoms in total. The van der Waals surface area contributed by atoms with E-state index < -0.39 is 0 Å². The van der Waals surface area contributed by atoms with Crippen molar-refractivity contribution in [1.82, 2.24) is 9.80 Å². The van der Waals surface area contributed by atoms with E-state index in [4.69, 9.17) is 5.11 Å². The molecule has 1 rings (SSSR count).